The van der Waals surface area contributed by atoms with Gasteiger partial charge in [-0.1, -0.05) is 23.8 Å². The largest absolute Gasteiger partial charge is 0.467 e. The van der Waals surface area contributed by atoms with Gasteiger partial charge in [-0.2, -0.15) is 5.10 Å². The van der Waals surface area contributed by atoms with Gasteiger partial charge in [0.1, 0.15) is 23.4 Å². The monoisotopic (exact) mass is 405 g/mol. The average molecular weight is 405 g/mol. The number of hydrogen-bond donors (Lipinski definition) is 2. The highest BCUT2D eigenvalue weighted by Gasteiger charge is 2.20. The Kier molecular flexibility index (Phi) is 5.45. The van der Waals surface area contributed by atoms with Crippen LogP contribution in [0.1, 0.15) is 27.8 Å². The molecule has 0 aliphatic rings. The number of benzene rings is 2. The van der Waals surface area contributed by atoms with Crippen molar-refractivity contribution in [1.29, 1.82) is 0 Å². The van der Waals surface area contributed by atoms with Gasteiger partial charge in [-0.3, -0.25) is 4.79 Å². The Morgan fingerprint density at radius 3 is 2.70 bits per heavy atom. The Hall–Kier alpha value is -3.71. The first-order chi connectivity index (χ1) is 14.5. The number of aliphatic hydroxyl groups excluding tert-OH is 1. The summed E-state index contributed by atoms with van der Waals surface area (Å²) < 4.78 is 20.0. The lowest BCUT2D eigenvalue weighted by molar-refractivity contribution is 0.0901. The van der Waals surface area contributed by atoms with Crippen LogP contribution in [0.15, 0.2) is 77.5 Å². The second-order valence-electron chi connectivity index (χ2n) is 6.92. The van der Waals surface area contributed by atoms with E-state index in [-0.39, 0.29) is 18.3 Å². The van der Waals surface area contributed by atoms with Crippen molar-refractivity contribution in [3.05, 3.63) is 95.8 Å². The molecule has 6 nitrogen and oxygen atoms in total. The molecule has 2 aromatic carbocycles. The molecule has 0 saturated heterocycles. The molecule has 2 aromatic heterocycles. The fourth-order valence-electron chi connectivity index (χ4n) is 3.14. The van der Waals surface area contributed by atoms with Crippen molar-refractivity contribution in [2.75, 3.05) is 6.54 Å². The van der Waals surface area contributed by atoms with E-state index in [4.69, 9.17) is 4.42 Å². The Morgan fingerprint density at radius 1 is 1.20 bits per heavy atom. The number of hydrogen-bond acceptors (Lipinski definition) is 4. The minimum atomic E-state index is -0.960. The smallest absolute Gasteiger partial charge is 0.255 e. The molecular weight excluding hydrogens is 385 g/mol. The molecule has 0 spiro atoms. The molecule has 1 atom stereocenters. The number of carbonyl (C=O) groups is 1. The summed E-state index contributed by atoms with van der Waals surface area (Å²) in [6, 6.07) is 16.8. The number of aromatic nitrogens is 2. The van der Waals surface area contributed by atoms with Crippen molar-refractivity contribution >= 4 is 5.91 Å². The van der Waals surface area contributed by atoms with Crippen molar-refractivity contribution in [2.24, 2.45) is 0 Å². The van der Waals surface area contributed by atoms with Gasteiger partial charge in [-0.15, -0.1) is 0 Å². The molecule has 152 valence electrons. The zero-order valence-corrected chi connectivity index (χ0v) is 16.2. The van der Waals surface area contributed by atoms with Crippen LogP contribution in [0.3, 0.4) is 0 Å². The molecule has 0 saturated carbocycles. The third-order valence-corrected chi connectivity index (χ3v) is 4.67. The van der Waals surface area contributed by atoms with Crippen LogP contribution in [-0.4, -0.2) is 27.3 Å². The van der Waals surface area contributed by atoms with Crippen LogP contribution in [0.25, 0.3) is 16.9 Å². The molecule has 1 unspecified atom stereocenters. The zero-order valence-electron chi connectivity index (χ0n) is 16.2. The van der Waals surface area contributed by atoms with Gasteiger partial charge in [-0.05, 0) is 49.4 Å². The summed E-state index contributed by atoms with van der Waals surface area (Å²) in [5.74, 6) is -0.364. The van der Waals surface area contributed by atoms with Crippen molar-refractivity contribution in [2.45, 2.75) is 13.0 Å². The van der Waals surface area contributed by atoms with Crippen LogP contribution in [0.5, 0.6) is 0 Å². The average Bonchev–Trinajstić information content (AvgIpc) is 3.43. The molecule has 0 radical (unpaired) electrons. The number of nitrogens with zero attached hydrogens (tertiary/aromatic N) is 2. The predicted molar refractivity (Wildman–Crippen MR) is 110 cm³/mol. The quantitative estimate of drug-likeness (QED) is 0.507. The van der Waals surface area contributed by atoms with Crippen LogP contribution < -0.4 is 5.32 Å². The van der Waals surface area contributed by atoms with Crippen molar-refractivity contribution in [3.8, 4) is 16.9 Å². The molecule has 0 fully saturated rings. The molecule has 1 amide bonds. The summed E-state index contributed by atoms with van der Waals surface area (Å²) in [7, 11) is 0. The summed E-state index contributed by atoms with van der Waals surface area (Å²) in [6.45, 7) is 1.95. The Morgan fingerprint density at radius 2 is 2.00 bits per heavy atom. The van der Waals surface area contributed by atoms with Gasteiger partial charge in [0.15, 0.2) is 0 Å². The van der Waals surface area contributed by atoms with E-state index in [0.717, 1.165) is 11.1 Å². The van der Waals surface area contributed by atoms with Gasteiger partial charge in [0.25, 0.3) is 5.91 Å². The predicted octanol–water partition coefficient (Wildman–Crippen LogP) is 4.04. The number of nitrogens with one attached hydrogen (secondary N) is 1. The molecule has 2 N–H and O–H groups in total. The van der Waals surface area contributed by atoms with Gasteiger partial charge in [0, 0.05) is 11.8 Å². The molecule has 2 heterocycles. The fourth-order valence-corrected chi connectivity index (χ4v) is 3.14. The third kappa shape index (κ3) is 4.16. The van der Waals surface area contributed by atoms with Crippen molar-refractivity contribution in [1.82, 2.24) is 15.1 Å². The molecule has 30 heavy (non-hydrogen) atoms. The maximum atomic E-state index is 13.3. The van der Waals surface area contributed by atoms with Crippen LogP contribution in [0.2, 0.25) is 0 Å². The number of rotatable bonds is 6. The first-order valence-electron chi connectivity index (χ1n) is 9.43. The Labute approximate surface area is 172 Å². The summed E-state index contributed by atoms with van der Waals surface area (Å²) in [5, 5.41) is 17.5. The number of aliphatic hydroxyl groups is 1. The second kappa shape index (κ2) is 8.34. The number of amides is 1. The normalized spacial score (nSPS) is 12.0. The lowest BCUT2D eigenvalue weighted by Gasteiger charge is -2.09. The minimum Gasteiger partial charge on any atom is -0.467 e. The number of carbonyl (C=O) groups excluding carboxylic acids is 1. The van der Waals surface area contributed by atoms with E-state index in [9.17, 15) is 14.3 Å². The highest BCUT2D eigenvalue weighted by molar-refractivity contribution is 6.00. The number of aryl methyl sites for hydroxylation is 1. The topological polar surface area (TPSA) is 80.3 Å². The standard InChI is InChI=1S/C23H20FN3O3/c1-15-4-2-5-16(12-15)22-19(14-27(26-22)18-9-7-17(24)8-10-18)23(29)25-13-20(28)21-6-3-11-30-21/h2-12,14,20,28H,13H2,1H3,(H,25,29). The second-order valence-corrected chi connectivity index (χ2v) is 6.92. The van der Waals surface area contributed by atoms with Crippen LogP contribution in [-0.2, 0) is 0 Å². The number of furan rings is 1. The van der Waals surface area contributed by atoms with Gasteiger partial charge in [0.05, 0.1) is 24.1 Å². The maximum Gasteiger partial charge on any atom is 0.255 e. The van der Waals surface area contributed by atoms with E-state index in [1.807, 2.05) is 31.2 Å². The van der Waals surface area contributed by atoms with Gasteiger partial charge < -0.3 is 14.8 Å². The van der Waals surface area contributed by atoms with E-state index >= 15 is 0 Å². The SMILES string of the molecule is Cc1cccc(-c2nn(-c3ccc(F)cc3)cc2C(=O)NCC(O)c2ccco2)c1. The molecule has 0 aliphatic heterocycles. The van der Waals surface area contributed by atoms with Crippen molar-refractivity contribution < 1.29 is 18.7 Å². The van der Waals surface area contributed by atoms with E-state index in [1.165, 1.54) is 23.1 Å². The summed E-state index contributed by atoms with van der Waals surface area (Å²) in [5.41, 5.74) is 3.28. The van der Waals surface area contributed by atoms with Crippen LogP contribution in [0.4, 0.5) is 4.39 Å². The molecule has 0 aliphatic carbocycles. The van der Waals surface area contributed by atoms with E-state index in [0.29, 0.717) is 22.7 Å². The van der Waals surface area contributed by atoms with Gasteiger partial charge in [-0.25, -0.2) is 9.07 Å². The molecular formula is C23H20FN3O3. The van der Waals surface area contributed by atoms with Gasteiger partial charge >= 0.3 is 0 Å². The molecule has 0 bridgehead atoms. The summed E-state index contributed by atoms with van der Waals surface area (Å²) in [6.07, 6.45) is 2.10. The minimum absolute atomic E-state index is 0.0126. The molecule has 4 aromatic rings. The van der Waals surface area contributed by atoms with Gasteiger partial charge in [0.2, 0.25) is 0 Å². The third-order valence-electron chi connectivity index (χ3n) is 4.67. The summed E-state index contributed by atoms with van der Waals surface area (Å²) in [4.78, 5) is 12.9. The zero-order chi connectivity index (χ0) is 21.1. The van der Waals surface area contributed by atoms with E-state index in [2.05, 4.69) is 10.4 Å². The lowest BCUT2D eigenvalue weighted by atomic mass is 10.1. The molecule has 4 rings (SSSR count). The first-order valence-corrected chi connectivity index (χ1v) is 9.43. The van der Waals surface area contributed by atoms with Crippen LogP contribution in [0, 0.1) is 12.7 Å². The maximum absolute atomic E-state index is 13.3. The highest BCUT2D eigenvalue weighted by Crippen LogP contribution is 2.25. The molecule has 7 heteroatoms. The van der Waals surface area contributed by atoms with E-state index in [1.54, 1.807) is 30.5 Å². The Bertz CT molecular complexity index is 1150. The number of halogens is 1. The van der Waals surface area contributed by atoms with Crippen molar-refractivity contribution in [3.63, 3.8) is 0 Å². The van der Waals surface area contributed by atoms with Crippen LogP contribution >= 0.6 is 0 Å². The highest BCUT2D eigenvalue weighted by atomic mass is 19.1. The lowest BCUT2D eigenvalue weighted by Crippen LogP contribution is -2.28. The summed E-state index contributed by atoms with van der Waals surface area (Å²) >= 11 is 0. The fraction of sp³-hybridized carbons (Fsp3) is 0.130. The first kappa shape index (κ1) is 19.6. The van der Waals surface area contributed by atoms with E-state index < -0.39 is 6.10 Å². The Balaban J connectivity index is 1.66.